The minimum atomic E-state index is 0. The first kappa shape index (κ1) is 21.0. The van der Waals surface area contributed by atoms with Gasteiger partial charge in [0.15, 0.2) is 5.96 Å². The molecular formula is C17H28IN5S. The largest absolute Gasteiger partial charge is 0.356 e. The van der Waals surface area contributed by atoms with Crippen molar-refractivity contribution in [1.29, 1.82) is 0 Å². The van der Waals surface area contributed by atoms with E-state index in [0.717, 1.165) is 24.9 Å². The maximum Gasteiger partial charge on any atom is 0.191 e. The van der Waals surface area contributed by atoms with Gasteiger partial charge in [-0.2, -0.15) is 0 Å². The third-order valence-electron chi connectivity index (χ3n) is 3.61. The van der Waals surface area contributed by atoms with Crippen molar-refractivity contribution in [3.8, 4) is 0 Å². The molecular weight excluding hydrogens is 433 g/mol. The zero-order valence-corrected chi connectivity index (χ0v) is 18.0. The van der Waals surface area contributed by atoms with Crippen molar-refractivity contribution in [1.82, 2.24) is 20.2 Å². The van der Waals surface area contributed by atoms with E-state index in [1.165, 1.54) is 4.88 Å². The molecule has 0 aliphatic heterocycles. The number of aliphatic imine (C=N–C) groups is 1. The second-order valence-electron chi connectivity index (χ2n) is 6.11. The number of imidazole rings is 1. The summed E-state index contributed by atoms with van der Waals surface area (Å²) in [7, 11) is 1.80. The molecule has 0 bridgehead atoms. The third kappa shape index (κ3) is 6.43. The Hall–Kier alpha value is -1.09. The SMILES string of the molecule is CN=C(NCc1nccn1CC(C)C)NCC(C)c1cccs1.I. The van der Waals surface area contributed by atoms with Crippen LogP contribution in [0.3, 0.4) is 0 Å². The fraction of sp³-hybridized carbons (Fsp3) is 0.529. The number of guanidine groups is 1. The lowest BCUT2D eigenvalue weighted by atomic mass is 10.1. The van der Waals surface area contributed by atoms with Crippen LogP contribution in [0.25, 0.3) is 0 Å². The van der Waals surface area contributed by atoms with E-state index in [4.69, 9.17) is 0 Å². The van der Waals surface area contributed by atoms with Gasteiger partial charge < -0.3 is 15.2 Å². The Balaban J connectivity index is 0.00000288. The van der Waals surface area contributed by atoms with Crippen molar-refractivity contribution in [3.05, 3.63) is 40.6 Å². The quantitative estimate of drug-likeness (QED) is 0.376. The normalized spacial score (nSPS) is 12.8. The monoisotopic (exact) mass is 461 g/mol. The highest BCUT2D eigenvalue weighted by Gasteiger charge is 2.09. The Morgan fingerprint density at radius 1 is 1.33 bits per heavy atom. The summed E-state index contributed by atoms with van der Waals surface area (Å²) in [4.78, 5) is 10.1. The second kappa shape index (κ2) is 10.7. The predicted octanol–water partition coefficient (Wildman–Crippen LogP) is 3.69. The molecule has 0 aliphatic rings. The van der Waals surface area contributed by atoms with E-state index in [-0.39, 0.29) is 24.0 Å². The molecule has 0 saturated carbocycles. The minimum Gasteiger partial charge on any atom is -0.356 e. The van der Waals surface area contributed by atoms with Gasteiger partial charge in [-0.05, 0) is 17.4 Å². The summed E-state index contributed by atoms with van der Waals surface area (Å²) in [5.41, 5.74) is 0. The zero-order chi connectivity index (χ0) is 16.7. The highest BCUT2D eigenvalue weighted by atomic mass is 127. The fourth-order valence-corrected chi connectivity index (χ4v) is 3.16. The molecule has 1 unspecified atom stereocenters. The molecule has 2 aromatic heterocycles. The predicted molar refractivity (Wildman–Crippen MR) is 113 cm³/mol. The molecule has 2 rings (SSSR count). The van der Waals surface area contributed by atoms with E-state index in [1.54, 1.807) is 18.4 Å². The molecule has 0 aromatic carbocycles. The molecule has 2 aromatic rings. The van der Waals surface area contributed by atoms with Crippen molar-refractivity contribution in [2.45, 2.75) is 39.8 Å². The number of thiophene rings is 1. The highest BCUT2D eigenvalue weighted by Crippen LogP contribution is 2.19. The van der Waals surface area contributed by atoms with Gasteiger partial charge in [0.25, 0.3) is 0 Å². The molecule has 24 heavy (non-hydrogen) atoms. The van der Waals surface area contributed by atoms with Crippen molar-refractivity contribution in [2.75, 3.05) is 13.6 Å². The first-order valence-electron chi connectivity index (χ1n) is 8.08. The zero-order valence-electron chi connectivity index (χ0n) is 14.8. The number of hydrogen-bond donors (Lipinski definition) is 2. The molecule has 134 valence electrons. The number of nitrogens with one attached hydrogen (secondary N) is 2. The molecule has 0 spiro atoms. The Labute approximate surface area is 166 Å². The van der Waals surface area contributed by atoms with Gasteiger partial charge in [0.05, 0.1) is 6.54 Å². The van der Waals surface area contributed by atoms with E-state index in [2.05, 4.69) is 63.5 Å². The van der Waals surface area contributed by atoms with Gasteiger partial charge >= 0.3 is 0 Å². The van der Waals surface area contributed by atoms with Gasteiger partial charge in [0.2, 0.25) is 0 Å². The van der Waals surface area contributed by atoms with E-state index in [0.29, 0.717) is 18.4 Å². The first-order valence-corrected chi connectivity index (χ1v) is 8.96. The Kier molecular flexibility index (Phi) is 9.35. The van der Waals surface area contributed by atoms with Crippen LogP contribution in [0, 0.1) is 5.92 Å². The number of nitrogens with zero attached hydrogens (tertiary/aromatic N) is 3. The summed E-state index contributed by atoms with van der Waals surface area (Å²) in [6.45, 7) is 9.17. The highest BCUT2D eigenvalue weighted by molar-refractivity contribution is 14.0. The topological polar surface area (TPSA) is 54.2 Å². The van der Waals surface area contributed by atoms with Crippen molar-refractivity contribution < 1.29 is 0 Å². The lowest BCUT2D eigenvalue weighted by molar-refractivity contribution is 0.503. The standard InChI is InChI=1S/C17H27N5S.HI/c1-13(2)12-22-8-7-19-16(22)11-21-17(18-4)20-10-14(3)15-6-5-9-23-15;/h5-9,13-14H,10-12H2,1-4H3,(H2,18,20,21);1H. The molecule has 0 fully saturated rings. The maximum atomic E-state index is 4.43. The Morgan fingerprint density at radius 2 is 2.12 bits per heavy atom. The summed E-state index contributed by atoms with van der Waals surface area (Å²) < 4.78 is 2.19. The van der Waals surface area contributed by atoms with E-state index in [1.807, 2.05) is 12.4 Å². The number of hydrogen-bond acceptors (Lipinski definition) is 3. The van der Waals surface area contributed by atoms with Gasteiger partial charge in [-0.3, -0.25) is 4.99 Å². The van der Waals surface area contributed by atoms with Crippen LogP contribution in [-0.4, -0.2) is 29.1 Å². The third-order valence-corrected chi connectivity index (χ3v) is 4.71. The van der Waals surface area contributed by atoms with Gasteiger partial charge in [-0.15, -0.1) is 35.3 Å². The first-order chi connectivity index (χ1) is 11.1. The summed E-state index contributed by atoms with van der Waals surface area (Å²) in [5, 5.41) is 8.85. The summed E-state index contributed by atoms with van der Waals surface area (Å²) in [5.74, 6) is 2.92. The van der Waals surface area contributed by atoms with Crippen LogP contribution in [0.1, 0.15) is 37.4 Å². The summed E-state index contributed by atoms with van der Waals surface area (Å²) >= 11 is 1.80. The molecule has 7 heteroatoms. The molecule has 1 atom stereocenters. The van der Waals surface area contributed by atoms with E-state index >= 15 is 0 Å². The van der Waals surface area contributed by atoms with Gasteiger partial charge in [-0.25, -0.2) is 4.98 Å². The minimum absolute atomic E-state index is 0. The molecule has 0 radical (unpaired) electrons. The average molecular weight is 461 g/mol. The molecule has 5 nitrogen and oxygen atoms in total. The van der Waals surface area contributed by atoms with Crippen LogP contribution in [0.5, 0.6) is 0 Å². The van der Waals surface area contributed by atoms with Crippen LogP contribution in [0.4, 0.5) is 0 Å². The molecule has 0 amide bonds. The van der Waals surface area contributed by atoms with E-state index < -0.39 is 0 Å². The molecule has 0 saturated heterocycles. The van der Waals surface area contributed by atoms with Gasteiger partial charge in [-0.1, -0.05) is 26.8 Å². The smallest absolute Gasteiger partial charge is 0.191 e. The molecule has 2 heterocycles. The van der Waals surface area contributed by atoms with Crippen LogP contribution < -0.4 is 10.6 Å². The summed E-state index contributed by atoms with van der Waals surface area (Å²) in [6, 6.07) is 4.27. The van der Waals surface area contributed by atoms with Crippen LogP contribution in [0.2, 0.25) is 0 Å². The fourth-order valence-electron chi connectivity index (χ4n) is 2.37. The van der Waals surface area contributed by atoms with Crippen LogP contribution >= 0.6 is 35.3 Å². The van der Waals surface area contributed by atoms with Crippen LogP contribution in [0.15, 0.2) is 34.9 Å². The Bertz CT molecular complexity index is 606. The molecule has 2 N–H and O–H groups in total. The number of aromatic nitrogens is 2. The molecule has 0 aliphatic carbocycles. The summed E-state index contributed by atoms with van der Waals surface area (Å²) in [6.07, 6.45) is 3.89. The lowest BCUT2D eigenvalue weighted by Gasteiger charge is -2.16. The van der Waals surface area contributed by atoms with Crippen LogP contribution in [-0.2, 0) is 13.1 Å². The second-order valence-corrected chi connectivity index (χ2v) is 7.09. The number of halogens is 1. The Morgan fingerprint density at radius 3 is 2.75 bits per heavy atom. The average Bonchev–Trinajstić information content (AvgIpc) is 3.18. The van der Waals surface area contributed by atoms with Gasteiger partial charge in [0.1, 0.15) is 5.82 Å². The lowest BCUT2D eigenvalue weighted by Crippen LogP contribution is -2.39. The van der Waals surface area contributed by atoms with E-state index in [9.17, 15) is 0 Å². The number of rotatable bonds is 7. The van der Waals surface area contributed by atoms with Crippen molar-refractivity contribution in [3.63, 3.8) is 0 Å². The van der Waals surface area contributed by atoms with Crippen molar-refractivity contribution in [2.24, 2.45) is 10.9 Å². The van der Waals surface area contributed by atoms with Gasteiger partial charge in [0, 0.05) is 43.3 Å². The van der Waals surface area contributed by atoms with Crippen molar-refractivity contribution >= 4 is 41.3 Å². The maximum absolute atomic E-state index is 4.43.